The first-order valence-corrected chi connectivity index (χ1v) is 5.85. The minimum absolute atomic E-state index is 0.611. The number of benzene rings is 1. The number of aromatic nitrogens is 1. The lowest BCUT2D eigenvalue weighted by Gasteiger charge is -2.09. The Bertz CT molecular complexity index is 534. The highest BCUT2D eigenvalue weighted by atomic mass is 35.5. The van der Waals surface area contributed by atoms with Gasteiger partial charge in [-0.2, -0.15) is 0 Å². The third kappa shape index (κ3) is 2.80. The topological polar surface area (TPSA) is 38.1 Å². The van der Waals surface area contributed by atoms with Gasteiger partial charge in [-0.1, -0.05) is 11.6 Å². The molecule has 17 heavy (non-hydrogen) atoms. The van der Waals surface area contributed by atoms with Crippen LogP contribution in [-0.4, -0.2) is 4.98 Å². The van der Waals surface area contributed by atoms with Crippen LogP contribution in [0.15, 0.2) is 22.8 Å². The molecule has 0 atom stereocenters. The van der Waals surface area contributed by atoms with Crippen molar-refractivity contribution in [2.45, 2.75) is 27.3 Å². The average molecular weight is 251 g/mol. The smallest absolute Gasteiger partial charge is 0.191 e. The number of nitrogens with one attached hydrogen (secondary N) is 1. The van der Waals surface area contributed by atoms with E-state index in [0.717, 1.165) is 16.4 Å². The second-order valence-electron chi connectivity index (χ2n) is 4.13. The number of halogens is 1. The van der Waals surface area contributed by atoms with Crippen LogP contribution in [0.5, 0.6) is 0 Å². The fourth-order valence-electron chi connectivity index (χ4n) is 1.59. The Morgan fingerprint density at radius 3 is 2.59 bits per heavy atom. The molecule has 1 heterocycles. The van der Waals surface area contributed by atoms with Gasteiger partial charge in [-0.25, -0.2) is 4.98 Å². The van der Waals surface area contributed by atoms with E-state index in [1.54, 1.807) is 6.26 Å². The summed E-state index contributed by atoms with van der Waals surface area (Å²) in [6.07, 6.45) is 1.65. The van der Waals surface area contributed by atoms with Crippen LogP contribution in [-0.2, 0) is 6.54 Å². The lowest BCUT2D eigenvalue weighted by Crippen LogP contribution is -2.01. The van der Waals surface area contributed by atoms with Crippen molar-refractivity contribution in [3.05, 3.63) is 46.1 Å². The van der Waals surface area contributed by atoms with E-state index in [9.17, 15) is 0 Å². The monoisotopic (exact) mass is 250 g/mol. The fraction of sp³-hybridized carbons (Fsp3) is 0.308. The van der Waals surface area contributed by atoms with Crippen molar-refractivity contribution >= 4 is 17.3 Å². The Morgan fingerprint density at radius 1 is 1.24 bits per heavy atom. The molecular formula is C13H15ClN2O. The maximum Gasteiger partial charge on any atom is 0.191 e. The summed E-state index contributed by atoms with van der Waals surface area (Å²) in [4.78, 5) is 4.22. The van der Waals surface area contributed by atoms with Crippen molar-refractivity contribution in [1.29, 1.82) is 0 Å². The van der Waals surface area contributed by atoms with Crippen LogP contribution in [0, 0.1) is 20.8 Å². The highest BCUT2D eigenvalue weighted by Crippen LogP contribution is 2.25. The molecule has 0 amide bonds. The molecule has 2 aromatic rings. The van der Waals surface area contributed by atoms with Crippen LogP contribution in [0.3, 0.4) is 0 Å². The Hall–Kier alpha value is -1.48. The first kappa shape index (κ1) is 12.0. The standard InChI is InChI=1S/C13H15ClN2O/c1-8-4-12(14)13(5-9(8)2)15-6-11-7-17-10(3)16-11/h4-5,7,15H,6H2,1-3H3. The fourth-order valence-corrected chi connectivity index (χ4v) is 1.88. The number of hydrogen-bond donors (Lipinski definition) is 1. The van der Waals surface area contributed by atoms with Crippen molar-refractivity contribution in [3.8, 4) is 0 Å². The van der Waals surface area contributed by atoms with E-state index in [-0.39, 0.29) is 0 Å². The summed E-state index contributed by atoms with van der Waals surface area (Å²) < 4.78 is 5.14. The zero-order valence-electron chi connectivity index (χ0n) is 10.2. The lowest BCUT2D eigenvalue weighted by atomic mass is 10.1. The van der Waals surface area contributed by atoms with Crippen molar-refractivity contribution in [1.82, 2.24) is 4.98 Å². The quantitative estimate of drug-likeness (QED) is 0.899. The summed E-state index contributed by atoms with van der Waals surface area (Å²) in [5.74, 6) is 0.674. The van der Waals surface area contributed by atoms with Gasteiger partial charge in [-0.05, 0) is 37.1 Å². The first-order valence-electron chi connectivity index (χ1n) is 5.48. The molecule has 0 aliphatic heterocycles. The second-order valence-corrected chi connectivity index (χ2v) is 4.53. The highest BCUT2D eigenvalue weighted by Gasteiger charge is 2.05. The number of rotatable bonds is 3. The van der Waals surface area contributed by atoms with E-state index in [1.165, 1.54) is 11.1 Å². The van der Waals surface area contributed by atoms with Crippen molar-refractivity contribution in [2.75, 3.05) is 5.32 Å². The molecule has 0 saturated heterocycles. The molecular weight excluding hydrogens is 236 g/mol. The van der Waals surface area contributed by atoms with Crippen LogP contribution in [0.1, 0.15) is 22.7 Å². The third-order valence-electron chi connectivity index (χ3n) is 2.71. The molecule has 0 aliphatic rings. The summed E-state index contributed by atoms with van der Waals surface area (Å²) in [6.45, 7) is 6.55. The maximum atomic E-state index is 6.17. The Labute approximate surface area is 106 Å². The number of nitrogens with zero attached hydrogens (tertiary/aromatic N) is 1. The minimum atomic E-state index is 0.611. The number of anilines is 1. The Kier molecular flexibility index (Phi) is 3.38. The summed E-state index contributed by atoms with van der Waals surface area (Å²) >= 11 is 6.17. The molecule has 90 valence electrons. The molecule has 0 fully saturated rings. The average Bonchev–Trinajstić information content (AvgIpc) is 2.68. The van der Waals surface area contributed by atoms with E-state index in [0.29, 0.717) is 12.4 Å². The van der Waals surface area contributed by atoms with Gasteiger partial charge in [-0.15, -0.1) is 0 Å². The molecule has 1 N–H and O–H groups in total. The van der Waals surface area contributed by atoms with E-state index < -0.39 is 0 Å². The zero-order chi connectivity index (χ0) is 12.4. The molecule has 2 rings (SSSR count). The van der Waals surface area contributed by atoms with E-state index in [1.807, 2.05) is 26.0 Å². The van der Waals surface area contributed by atoms with Crippen LogP contribution >= 0.6 is 11.6 Å². The lowest BCUT2D eigenvalue weighted by molar-refractivity contribution is 0.520. The zero-order valence-corrected chi connectivity index (χ0v) is 10.9. The van der Waals surface area contributed by atoms with Crippen molar-refractivity contribution in [2.24, 2.45) is 0 Å². The van der Waals surface area contributed by atoms with Gasteiger partial charge in [-0.3, -0.25) is 0 Å². The van der Waals surface area contributed by atoms with Gasteiger partial charge >= 0.3 is 0 Å². The molecule has 0 bridgehead atoms. The number of aryl methyl sites for hydroxylation is 3. The van der Waals surface area contributed by atoms with Gasteiger partial charge in [0.15, 0.2) is 5.89 Å². The molecule has 0 saturated carbocycles. The Morgan fingerprint density at radius 2 is 1.94 bits per heavy atom. The highest BCUT2D eigenvalue weighted by molar-refractivity contribution is 6.33. The summed E-state index contributed by atoms with van der Waals surface area (Å²) in [5.41, 5.74) is 4.21. The van der Waals surface area contributed by atoms with Gasteiger partial charge < -0.3 is 9.73 Å². The molecule has 0 spiro atoms. The molecule has 0 radical (unpaired) electrons. The first-order chi connectivity index (χ1) is 8.06. The largest absolute Gasteiger partial charge is 0.449 e. The van der Waals surface area contributed by atoms with Crippen LogP contribution in [0.4, 0.5) is 5.69 Å². The second kappa shape index (κ2) is 4.80. The van der Waals surface area contributed by atoms with Crippen LogP contribution in [0.2, 0.25) is 5.02 Å². The third-order valence-corrected chi connectivity index (χ3v) is 3.02. The molecule has 0 aliphatic carbocycles. The molecule has 0 unspecified atom stereocenters. The SMILES string of the molecule is Cc1nc(CNc2cc(C)c(C)cc2Cl)co1. The molecule has 1 aromatic carbocycles. The molecule has 1 aromatic heterocycles. The normalized spacial score (nSPS) is 10.6. The summed E-state index contributed by atoms with van der Waals surface area (Å²) in [6, 6.07) is 4.01. The van der Waals surface area contributed by atoms with Gasteiger partial charge in [0.1, 0.15) is 6.26 Å². The van der Waals surface area contributed by atoms with Crippen molar-refractivity contribution in [3.63, 3.8) is 0 Å². The molecule has 3 nitrogen and oxygen atoms in total. The predicted molar refractivity (Wildman–Crippen MR) is 69.5 cm³/mol. The van der Waals surface area contributed by atoms with Gasteiger partial charge in [0.25, 0.3) is 0 Å². The van der Waals surface area contributed by atoms with E-state index >= 15 is 0 Å². The van der Waals surface area contributed by atoms with Gasteiger partial charge in [0.05, 0.1) is 22.9 Å². The van der Waals surface area contributed by atoms with Gasteiger partial charge in [0, 0.05) is 6.92 Å². The van der Waals surface area contributed by atoms with E-state index in [4.69, 9.17) is 16.0 Å². The van der Waals surface area contributed by atoms with Gasteiger partial charge in [0.2, 0.25) is 0 Å². The number of oxazole rings is 1. The summed E-state index contributed by atoms with van der Waals surface area (Å²) in [7, 11) is 0. The minimum Gasteiger partial charge on any atom is -0.449 e. The molecule has 4 heteroatoms. The predicted octanol–water partition coefficient (Wildman–Crippen LogP) is 3.87. The summed E-state index contributed by atoms with van der Waals surface area (Å²) in [5, 5.41) is 3.99. The van der Waals surface area contributed by atoms with Crippen LogP contribution in [0.25, 0.3) is 0 Å². The van der Waals surface area contributed by atoms with Crippen molar-refractivity contribution < 1.29 is 4.42 Å². The Balaban J connectivity index is 2.11. The number of hydrogen-bond acceptors (Lipinski definition) is 3. The van der Waals surface area contributed by atoms with E-state index in [2.05, 4.69) is 17.2 Å². The van der Waals surface area contributed by atoms with Crippen LogP contribution < -0.4 is 5.32 Å². The maximum absolute atomic E-state index is 6.17.